The summed E-state index contributed by atoms with van der Waals surface area (Å²) in [6.07, 6.45) is -1.63. The second-order valence-corrected chi connectivity index (χ2v) is 1.28. The first-order valence-electron chi connectivity index (χ1n) is 2.46. The third-order valence-corrected chi connectivity index (χ3v) is 0.632. The molecule has 0 heterocycles. The predicted molar refractivity (Wildman–Crippen MR) is 28.3 cm³/mol. The molecule has 0 aliphatic rings. The standard InChI is InChI=1S/C5H7NO3/c1-2-9-5(8)4(7)3-6/h4,7H,2H2,1H3/t4-/m1/s1. The molecule has 0 saturated heterocycles. The monoisotopic (exact) mass is 129 g/mol. The Morgan fingerprint density at radius 3 is 2.89 bits per heavy atom. The Morgan fingerprint density at radius 1 is 2.00 bits per heavy atom. The van der Waals surface area contributed by atoms with Crippen molar-refractivity contribution in [3.8, 4) is 6.07 Å². The average molecular weight is 129 g/mol. The molecule has 4 nitrogen and oxygen atoms in total. The number of nitrogens with zero attached hydrogens (tertiary/aromatic N) is 1. The molecule has 0 aliphatic heterocycles. The van der Waals surface area contributed by atoms with E-state index in [1.165, 1.54) is 6.07 Å². The van der Waals surface area contributed by atoms with Crippen molar-refractivity contribution in [1.82, 2.24) is 0 Å². The maximum atomic E-state index is 10.3. The van der Waals surface area contributed by atoms with Crippen LogP contribution >= 0.6 is 0 Å². The van der Waals surface area contributed by atoms with Crippen molar-refractivity contribution >= 4 is 5.97 Å². The molecule has 9 heavy (non-hydrogen) atoms. The Labute approximate surface area is 52.7 Å². The minimum Gasteiger partial charge on any atom is -0.463 e. The summed E-state index contributed by atoms with van der Waals surface area (Å²) in [4.78, 5) is 10.3. The number of ether oxygens (including phenoxy) is 1. The summed E-state index contributed by atoms with van der Waals surface area (Å²) < 4.78 is 4.28. The first-order valence-corrected chi connectivity index (χ1v) is 2.46. The average Bonchev–Trinajstić information content (AvgIpc) is 1.87. The lowest BCUT2D eigenvalue weighted by Crippen LogP contribution is -2.20. The maximum Gasteiger partial charge on any atom is 0.349 e. The summed E-state index contributed by atoms with van der Waals surface area (Å²) in [5.41, 5.74) is 0. The number of carbonyl (C=O) groups is 1. The number of carbonyl (C=O) groups excluding carboxylic acids is 1. The van der Waals surface area contributed by atoms with Gasteiger partial charge in [-0.15, -0.1) is 0 Å². The van der Waals surface area contributed by atoms with Crippen molar-refractivity contribution in [2.24, 2.45) is 0 Å². The Morgan fingerprint density at radius 2 is 2.56 bits per heavy atom. The van der Waals surface area contributed by atoms with E-state index in [-0.39, 0.29) is 6.61 Å². The summed E-state index contributed by atoms with van der Waals surface area (Å²) in [7, 11) is 0. The van der Waals surface area contributed by atoms with Gasteiger partial charge in [0.2, 0.25) is 6.10 Å². The van der Waals surface area contributed by atoms with Gasteiger partial charge in [0.25, 0.3) is 0 Å². The molecule has 0 aromatic rings. The van der Waals surface area contributed by atoms with E-state index in [1.807, 2.05) is 0 Å². The van der Waals surface area contributed by atoms with Crippen molar-refractivity contribution in [2.75, 3.05) is 6.61 Å². The van der Waals surface area contributed by atoms with Gasteiger partial charge in [0.05, 0.1) is 6.61 Å². The van der Waals surface area contributed by atoms with Gasteiger partial charge in [-0.25, -0.2) is 4.79 Å². The molecular weight excluding hydrogens is 122 g/mol. The van der Waals surface area contributed by atoms with Crippen LogP contribution in [0.4, 0.5) is 0 Å². The van der Waals surface area contributed by atoms with E-state index in [1.54, 1.807) is 6.92 Å². The molecule has 0 rings (SSSR count). The van der Waals surface area contributed by atoms with Gasteiger partial charge in [-0.1, -0.05) is 0 Å². The Hall–Kier alpha value is -1.08. The second-order valence-electron chi connectivity index (χ2n) is 1.28. The van der Waals surface area contributed by atoms with Gasteiger partial charge in [0, 0.05) is 0 Å². The molecule has 0 spiro atoms. The van der Waals surface area contributed by atoms with E-state index < -0.39 is 12.1 Å². The quantitative estimate of drug-likeness (QED) is 0.400. The van der Waals surface area contributed by atoms with Crippen LogP contribution in [0.15, 0.2) is 0 Å². The van der Waals surface area contributed by atoms with Crippen LogP contribution in [0.5, 0.6) is 0 Å². The van der Waals surface area contributed by atoms with Gasteiger partial charge in [0.1, 0.15) is 6.07 Å². The minimum absolute atomic E-state index is 0.178. The number of esters is 1. The summed E-state index contributed by atoms with van der Waals surface area (Å²) >= 11 is 0. The Balaban J connectivity index is 3.63. The SMILES string of the molecule is CCOC(=O)[C@H](O)C#N. The van der Waals surface area contributed by atoms with Crippen LogP contribution in [0.25, 0.3) is 0 Å². The molecule has 0 aromatic carbocycles. The van der Waals surface area contributed by atoms with Crippen LogP contribution in [0.1, 0.15) is 6.92 Å². The van der Waals surface area contributed by atoms with E-state index >= 15 is 0 Å². The lowest BCUT2D eigenvalue weighted by atomic mass is 10.4. The van der Waals surface area contributed by atoms with Crippen LogP contribution in [0.2, 0.25) is 0 Å². The molecular formula is C5H7NO3. The summed E-state index contributed by atoms with van der Waals surface area (Å²) in [6, 6.07) is 1.33. The van der Waals surface area contributed by atoms with Crippen molar-refractivity contribution in [3.05, 3.63) is 0 Å². The zero-order valence-corrected chi connectivity index (χ0v) is 5.00. The lowest BCUT2D eigenvalue weighted by molar-refractivity contribution is -0.149. The van der Waals surface area contributed by atoms with Crippen molar-refractivity contribution in [2.45, 2.75) is 13.0 Å². The molecule has 1 atom stereocenters. The summed E-state index contributed by atoms with van der Waals surface area (Å²) in [6.45, 7) is 1.78. The maximum absolute atomic E-state index is 10.3. The molecule has 0 fully saturated rings. The smallest absolute Gasteiger partial charge is 0.349 e. The molecule has 0 bridgehead atoms. The number of nitriles is 1. The fourth-order valence-corrected chi connectivity index (χ4v) is 0.274. The highest BCUT2D eigenvalue weighted by Crippen LogP contribution is 1.84. The first kappa shape index (κ1) is 7.92. The molecule has 0 amide bonds. The Bertz CT molecular complexity index is 138. The molecule has 1 N–H and O–H groups in total. The molecule has 0 aliphatic carbocycles. The third kappa shape index (κ3) is 2.67. The molecule has 50 valence electrons. The molecule has 0 radical (unpaired) electrons. The van der Waals surface area contributed by atoms with Gasteiger partial charge >= 0.3 is 5.97 Å². The topological polar surface area (TPSA) is 70.3 Å². The zero-order valence-electron chi connectivity index (χ0n) is 5.00. The van der Waals surface area contributed by atoms with Gasteiger partial charge < -0.3 is 9.84 Å². The van der Waals surface area contributed by atoms with Crippen LogP contribution in [0.3, 0.4) is 0 Å². The molecule has 0 unspecified atom stereocenters. The largest absolute Gasteiger partial charge is 0.463 e. The fraction of sp³-hybridized carbons (Fsp3) is 0.600. The third-order valence-electron chi connectivity index (χ3n) is 0.632. The Kier molecular flexibility index (Phi) is 3.40. The number of rotatable bonds is 2. The van der Waals surface area contributed by atoms with E-state index in [0.717, 1.165) is 0 Å². The summed E-state index contributed by atoms with van der Waals surface area (Å²) in [5, 5.41) is 16.4. The van der Waals surface area contributed by atoms with Gasteiger partial charge in [-0.05, 0) is 6.92 Å². The van der Waals surface area contributed by atoms with Gasteiger partial charge in [-0.2, -0.15) is 5.26 Å². The number of aliphatic hydroxyl groups is 1. The lowest BCUT2D eigenvalue weighted by Gasteiger charge is -1.99. The van der Waals surface area contributed by atoms with E-state index in [2.05, 4.69) is 4.74 Å². The fourth-order valence-electron chi connectivity index (χ4n) is 0.274. The van der Waals surface area contributed by atoms with E-state index in [0.29, 0.717) is 0 Å². The minimum atomic E-state index is -1.63. The van der Waals surface area contributed by atoms with Crippen molar-refractivity contribution in [1.29, 1.82) is 5.26 Å². The normalized spacial score (nSPS) is 11.7. The highest BCUT2D eigenvalue weighted by atomic mass is 16.5. The highest BCUT2D eigenvalue weighted by molar-refractivity contribution is 5.77. The predicted octanol–water partition coefficient (Wildman–Crippen LogP) is -0.566. The first-order chi connectivity index (χ1) is 4.22. The highest BCUT2D eigenvalue weighted by Gasteiger charge is 2.13. The van der Waals surface area contributed by atoms with Crippen LogP contribution < -0.4 is 0 Å². The van der Waals surface area contributed by atoms with Crippen LogP contribution in [-0.4, -0.2) is 23.8 Å². The van der Waals surface area contributed by atoms with E-state index in [9.17, 15) is 4.79 Å². The number of aliphatic hydroxyl groups excluding tert-OH is 1. The van der Waals surface area contributed by atoms with E-state index in [4.69, 9.17) is 10.4 Å². The zero-order chi connectivity index (χ0) is 7.28. The van der Waals surface area contributed by atoms with Crippen LogP contribution in [-0.2, 0) is 9.53 Å². The summed E-state index contributed by atoms with van der Waals surface area (Å²) in [5.74, 6) is -0.889. The van der Waals surface area contributed by atoms with Gasteiger partial charge in [-0.3, -0.25) is 0 Å². The number of hydrogen-bond acceptors (Lipinski definition) is 4. The van der Waals surface area contributed by atoms with Crippen molar-refractivity contribution < 1.29 is 14.6 Å². The van der Waals surface area contributed by atoms with Crippen LogP contribution in [0, 0.1) is 11.3 Å². The number of hydrogen-bond donors (Lipinski definition) is 1. The second kappa shape index (κ2) is 3.87. The molecule has 0 aromatic heterocycles. The molecule has 4 heteroatoms. The molecule has 0 saturated carbocycles. The van der Waals surface area contributed by atoms with Gasteiger partial charge in [0.15, 0.2) is 0 Å². The van der Waals surface area contributed by atoms with Crippen molar-refractivity contribution in [3.63, 3.8) is 0 Å².